The van der Waals surface area contributed by atoms with Crippen LogP contribution >= 0.6 is 0 Å². The molecule has 0 aliphatic carbocycles. The maximum absolute atomic E-state index is 10.6. The Balaban J connectivity index is 2.49. The van der Waals surface area contributed by atoms with E-state index in [2.05, 4.69) is 0 Å². The van der Waals surface area contributed by atoms with E-state index in [9.17, 15) is 9.90 Å². The Morgan fingerprint density at radius 1 is 1.33 bits per heavy atom. The van der Waals surface area contributed by atoms with E-state index >= 15 is 0 Å². The zero-order valence-electron chi connectivity index (χ0n) is 7.42. The average molecular weight is 169 g/mol. The third-order valence-electron chi connectivity index (χ3n) is 2.01. The zero-order valence-corrected chi connectivity index (χ0v) is 7.42. The fraction of sp³-hybridized carbons (Fsp3) is 0.667. The monoisotopic (exact) mass is 169 g/mol. The standard InChI is InChI=1S/C9H15NO2/c1-8(11)7-9(12)10-5-3-2-4-6-10/h7,12H,2-6H2,1H3/b9-7-. The number of carbonyl (C=O) groups is 1. The van der Waals surface area contributed by atoms with Gasteiger partial charge in [0, 0.05) is 19.2 Å². The van der Waals surface area contributed by atoms with Gasteiger partial charge < -0.3 is 10.0 Å². The second-order valence-electron chi connectivity index (χ2n) is 3.16. The van der Waals surface area contributed by atoms with Crippen LogP contribution in [0, 0.1) is 0 Å². The number of hydrogen-bond acceptors (Lipinski definition) is 3. The lowest BCUT2D eigenvalue weighted by molar-refractivity contribution is -0.112. The predicted octanol–water partition coefficient (Wildman–Crippen LogP) is 1.46. The molecule has 0 amide bonds. The van der Waals surface area contributed by atoms with Crippen molar-refractivity contribution in [3.05, 3.63) is 12.0 Å². The summed E-state index contributed by atoms with van der Waals surface area (Å²) in [5, 5.41) is 9.41. The molecule has 1 fully saturated rings. The number of nitrogens with zero attached hydrogens (tertiary/aromatic N) is 1. The van der Waals surface area contributed by atoms with E-state index in [1.165, 1.54) is 19.4 Å². The first kappa shape index (κ1) is 9.10. The maximum atomic E-state index is 10.6. The lowest BCUT2D eigenvalue weighted by Crippen LogP contribution is -2.29. The van der Waals surface area contributed by atoms with Crippen molar-refractivity contribution in [2.24, 2.45) is 0 Å². The first-order valence-corrected chi connectivity index (χ1v) is 4.36. The summed E-state index contributed by atoms with van der Waals surface area (Å²) in [5.41, 5.74) is 0. The molecule has 0 unspecified atom stereocenters. The SMILES string of the molecule is CC(=O)/C=C(\O)N1CCCCC1. The summed E-state index contributed by atoms with van der Waals surface area (Å²) in [4.78, 5) is 12.5. The molecule has 1 aliphatic rings. The van der Waals surface area contributed by atoms with Crippen LogP contribution in [0.4, 0.5) is 0 Å². The molecule has 1 N–H and O–H groups in total. The third-order valence-corrected chi connectivity index (χ3v) is 2.01. The minimum absolute atomic E-state index is 0.0990. The van der Waals surface area contributed by atoms with E-state index in [4.69, 9.17) is 0 Å². The van der Waals surface area contributed by atoms with E-state index < -0.39 is 0 Å². The number of aliphatic hydroxyl groups is 1. The lowest BCUT2D eigenvalue weighted by atomic mass is 10.1. The van der Waals surface area contributed by atoms with Crippen LogP contribution in [0.1, 0.15) is 26.2 Å². The summed E-state index contributed by atoms with van der Waals surface area (Å²) in [6.07, 6.45) is 4.72. The molecule has 1 aliphatic heterocycles. The largest absolute Gasteiger partial charge is 0.495 e. The number of aliphatic hydroxyl groups excluding tert-OH is 1. The first-order valence-electron chi connectivity index (χ1n) is 4.36. The summed E-state index contributed by atoms with van der Waals surface area (Å²) >= 11 is 0. The molecule has 0 spiro atoms. The molecule has 0 atom stereocenters. The highest BCUT2D eigenvalue weighted by Crippen LogP contribution is 2.12. The Morgan fingerprint density at radius 3 is 2.42 bits per heavy atom. The summed E-state index contributed by atoms with van der Waals surface area (Å²) in [6.45, 7) is 3.19. The molecule has 3 heteroatoms. The fourth-order valence-corrected chi connectivity index (χ4v) is 1.40. The van der Waals surface area contributed by atoms with Gasteiger partial charge in [-0.3, -0.25) is 4.79 Å². The van der Waals surface area contributed by atoms with Gasteiger partial charge in [0.05, 0.1) is 0 Å². The summed E-state index contributed by atoms with van der Waals surface area (Å²) in [6, 6.07) is 0. The molecule has 1 rings (SSSR count). The van der Waals surface area contributed by atoms with Gasteiger partial charge in [0.2, 0.25) is 0 Å². The number of hydrogen-bond donors (Lipinski definition) is 1. The number of likely N-dealkylation sites (tertiary alicyclic amines) is 1. The predicted molar refractivity (Wildman–Crippen MR) is 46.8 cm³/mol. The van der Waals surface area contributed by atoms with Crippen molar-refractivity contribution in [3.8, 4) is 0 Å². The molecule has 0 aromatic heterocycles. The number of piperidine rings is 1. The van der Waals surface area contributed by atoms with Crippen LogP contribution in [0.3, 0.4) is 0 Å². The minimum atomic E-state index is -0.0990. The van der Waals surface area contributed by atoms with Crippen molar-refractivity contribution >= 4 is 5.78 Å². The summed E-state index contributed by atoms with van der Waals surface area (Å²) in [5.74, 6) is 0.0280. The maximum Gasteiger partial charge on any atom is 0.190 e. The molecule has 68 valence electrons. The Hall–Kier alpha value is -0.990. The summed E-state index contributed by atoms with van der Waals surface area (Å²) < 4.78 is 0. The van der Waals surface area contributed by atoms with Crippen LogP contribution < -0.4 is 0 Å². The molecule has 0 aromatic carbocycles. The van der Waals surface area contributed by atoms with Crippen molar-refractivity contribution in [1.82, 2.24) is 4.90 Å². The molecule has 3 nitrogen and oxygen atoms in total. The topological polar surface area (TPSA) is 40.5 Å². The van der Waals surface area contributed by atoms with E-state index in [0.717, 1.165) is 25.9 Å². The van der Waals surface area contributed by atoms with Crippen molar-refractivity contribution in [3.63, 3.8) is 0 Å². The molecule has 1 saturated heterocycles. The average Bonchev–Trinajstić information content (AvgIpc) is 2.05. The van der Waals surface area contributed by atoms with Gasteiger partial charge in [-0.2, -0.15) is 0 Å². The third kappa shape index (κ3) is 2.57. The minimum Gasteiger partial charge on any atom is -0.495 e. The highest BCUT2D eigenvalue weighted by molar-refractivity contribution is 5.87. The number of rotatable bonds is 2. The van der Waals surface area contributed by atoms with Gasteiger partial charge in [-0.25, -0.2) is 0 Å². The second-order valence-corrected chi connectivity index (χ2v) is 3.16. The van der Waals surface area contributed by atoms with Crippen LogP contribution in [0.5, 0.6) is 0 Å². The van der Waals surface area contributed by atoms with E-state index in [0.29, 0.717) is 0 Å². The molecule has 1 heterocycles. The van der Waals surface area contributed by atoms with Gasteiger partial charge in [0.15, 0.2) is 11.7 Å². The van der Waals surface area contributed by atoms with Gasteiger partial charge in [-0.05, 0) is 26.2 Å². The van der Waals surface area contributed by atoms with Crippen molar-refractivity contribution in [1.29, 1.82) is 0 Å². The van der Waals surface area contributed by atoms with E-state index in [1.807, 2.05) is 4.90 Å². The second kappa shape index (κ2) is 4.14. The summed E-state index contributed by atoms with van der Waals surface area (Å²) in [7, 11) is 0. The Morgan fingerprint density at radius 2 is 1.92 bits per heavy atom. The van der Waals surface area contributed by atoms with Crippen LogP contribution in [-0.4, -0.2) is 28.9 Å². The smallest absolute Gasteiger partial charge is 0.190 e. The van der Waals surface area contributed by atoms with Gasteiger partial charge in [0.1, 0.15) is 0 Å². The van der Waals surface area contributed by atoms with E-state index in [-0.39, 0.29) is 11.7 Å². The highest BCUT2D eigenvalue weighted by atomic mass is 16.3. The Bertz CT molecular complexity index is 193. The number of carbonyl (C=O) groups excluding carboxylic acids is 1. The molecule has 0 radical (unpaired) electrons. The fourth-order valence-electron chi connectivity index (χ4n) is 1.40. The van der Waals surface area contributed by atoms with Crippen LogP contribution in [0.25, 0.3) is 0 Å². The number of ketones is 1. The quantitative estimate of drug-likeness (QED) is 0.502. The van der Waals surface area contributed by atoms with Gasteiger partial charge in [0.25, 0.3) is 0 Å². The van der Waals surface area contributed by atoms with Crippen LogP contribution in [0.2, 0.25) is 0 Å². The van der Waals surface area contributed by atoms with Crippen molar-refractivity contribution in [2.45, 2.75) is 26.2 Å². The molecular weight excluding hydrogens is 154 g/mol. The molecule has 0 saturated carbocycles. The number of allylic oxidation sites excluding steroid dienone is 1. The zero-order chi connectivity index (χ0) is 8.97. The lowest BCUT2D eigenvalue weighted by Gasteiger charge is -2.27. The Kier molecular flexibility index (Phi) is 3.14. The van der Waals surface area contributed by atoms with Gasteiger partial charge >= 0.3 is 0 Å². The van der Waals surface area contributed by atoms with Crippen LogP contribution in [0.15, 0.2) is 12.0 Å². The normalized spacial score (nSPS) is 19.4. The molecule has 12 heavy (non-hydrogen) atoms. The van der Waals surface area contributed by atoms with E-state index in [1.54, 1.807) is 0 Å². The molecular formula is C9H15NO2. The molecule has 0 bridgehead atoms. The van der Waals surface area contributed by atoms with Crippen molar-refractivity contribution in [2.75, 3.05) is 13.1 Å². The van der Waals surface area contributed by atoms with Crippen molar-refractivity contribution < 1.29 is 9.90 Å². The van der Waals surface area contributed by atoms with Crippen LogP contribution in [-0.2, 0) is 4.79 Å². The highest BCUT2D eigenvalue weighted by Gasteiger charge is 2.12. The molecule has 0 aromatic rings. The Labute approximate surface area is 72.7 Å². The van der Waals surface area contributed by atoms with Gasteiger partial charge in [-0.15, -0.1) is 0 Å². The van der Waals surface area contributed by atoms with Gasteiger partial charge in [-0.1, -0.05) is 0 Å². The first-order chi connectivity index (χ1) is 5.70.